The van der Waals surface area contributed by atoms with Crippen LogP contribution < -0.4 is 19.6 Å². The highest BCUT2D eigenvalue weighted by Crippen LogP contribution is 2.29. The topological polar surface area (TPSA) is 92.9 Å². The number of carbonyl (C=O) groups is 1. The summed E-state index contributed by atoms with van der Waals surface area (Å²) in [6.45, 7) is 6.17. The molecule has 0 saturated heterocycles. The standard InChI is InChI=1S/C27H27N3O4/c1-4-32-26-15-21(13-14-25(26)33-18-23-11-7-6-10-22(23)16-28)17-29-30-27(31)20(3)34-24-12-8-5-9-19(24)2/h5-15,17,20H,4,18H2,1-3H3,(H,30,31)/b29-17+/t20-/m1/s1. The van der Waals surface area contributed by atoms with Crippen LogP contribution in [-0.4, -0.2) is 24.8 Å². The van der Waals surface area contributed by atoms with Crippen LogP contribution in [0.5, 0.6) is 17.2 Å². The van der Waals surface area contributed by atoms with E-state index >= 15 is 0 Å². The van der Waals surface area contributed by atoms with Gasteiger partial charge in [-0.1, -0.05) is 36.4 Å². The SMILES string of the molecule is CCOc1cc(/C=N/NC(=O)[C@@H](C)Oc2ccccc2C)ccc1OCc1ccccc1C#N. The number of nitriles is 1. The molecule has 0 radical (unpaired) electrons. The summed E-state index contributed by atoms with van der Waals surface area (Å²) in [6.07, 6.45) is 0.819. The van der Waals surface area contributed by atoms with Crippen LogP contribution in [0.1, 0.15) is 36.1 Å². The lowest BCUT2D eigenvalue weighted by molar-refractivity contribution is -0.127. The third kappa shape index (κ3) is 6.59. The van der Waals surface area contributed by atoms with Gasteiger partial charge >= 0.3 is 0 Å². The van der Waals surface area contributed by atoms with E-state index in [1.165, 1.54) is 6.21 Å². The third-order valence-corrected chi connectivity index (χ3v) is 4.94. The molecule has 0 saturated carbocycles. The molecular formula is C27H27N3O4. The maximum atomic E-state index is 12.3. The number of hydrogen-bond donors (Lipinski definition) is 1. The van der Waals surface area contributed by atoms with Gasteiger partial charge in [-0.3, -0.25) is 4.79 Å². The molecule has 174 valence electrons. The molecule has 0 aliphatic rings. The van der Waals surface area contributed by atoms with E-state index < -0.39 is 6.10 Å². The van der Waals surface area contributed by atoms with E-state index in [-0.39, 0.29) is 12.5 Å². The van der Waals surface area contributed by atoms with Gasteiger partial charge in [-0.2, -0.15) is 10.4 Å². The van der Waals surface area contributed by atoms with Gasteiger partial charge in [0.1, 0.15) is 12.4 Å². The molecule has 3 aromatic carbocycles. The van der Waals surface area contributed by atoms with Crippen molar-refractivity contribution in [3.05, 3.63) is 89.0 Å². The van der Waals surface area contributed by atoms with E-state index in [0.29, 0.717) is 29.4 Å². The summed E-state index contributed by atoms with van der Waals surface area (Å²) < 4.78 is 17.3. The summed E-state index contributed by atoms with van der Waals surface area (Å²) in [4.78, 5) is 12.3. The molecule has 0 aromatic heterocycles. The zero-order valence-electron chi connectivity index (χ0n) is 19.4. The summed E-state index contributed by atoms with van der Waals surface area (Å²) in [7, 11) is 0. The van der Waals surface area contributed by atoms with Crippen molar-refractivity contribution in [2.24, 2.45) is 5.10 Å². The van der Waals surface area contributed by atoms with Crippen LogP contribution in [0.15, 0.2) is 71.8 Å². The molecule has 7 nitrogen and oxygen atoms in total. The smallest absolute Gasteiger partial charge is 0.280 e. The number of amides is 1. The molecule has 0 aliphatic carbocycles. The van der Waals surface area contributed by atoms with Gasteiger partial charge in [0, 0.05) is 5.56 Å². The number of hydrazone groups is 1. The average molecular weight is 458 g/mol. The number of carbonyl (C=O) groups excluding carboxylic acids is 1. The Labute approximate surface area is 199 Å². The second-order valence-electron chi connectivity index (χ2n) is 7.46. The Morgan fingerprint density at radius 2 is 1.82 bits per heavy atom. The van der Waals surface area contributed by atoms with E-state index in [2.05, 4.69) is 16.6 Å². The third-order valence-electron chi connectivity index (χ3n) is 4.94. The lowest BCUT2D eigenvalue weighted by Gasteiger charge is -2.14. The van der Waals surface area contributed by atoms with Crippen molar-refractivity contribution in [2.75, 3.05) is 6.61 Å². The van der Waals surface area contributed by atoms with Gasteiger partial charge in [-0.15, -0.1) is 0 Å². The zero-order valence-corrected chi connectivity index (χ0v) is 19.4. The van der Waals surface area contributed by atoms with E-state index in [4.69, 9.17) is 14.2 Å². The molecule has 0 unspecified atom stereocenters. The quantitative estimate of drug-likeness (QED) is 0.350. The molecule has 1 atom stereocenters. The van der Waals surface area contributed by atoms with E-state index in [1.807, 2.05) is 56.3 Å². The summed E-state index contributed by atoms with van der Waals surface area (Å²) >= 11 is 0. The molecule has 0 aliphatic heterocycles. The number of aryl methyl sites for hydroxylation is 1. The lowest BCUT2D eigenvalue weighted by atomic mass is 10.1. The number of hydrogen-bond acceptors (Lipinski definition) is 6. The second-order valence-corrected chi connectivity index (χ2v) is 7.46. The fraction of sp³-hybridized carbons (Fsp3) is 0.222. The van der Waals surface area contributed by atoms with Crippen molar-refractivity contribution in [2.45, 2.75) is 33.5 Å². The first-order chi connectivity index (χ1) is 16.5. The predicted molar refractivity (Wildman–Crippen MR) is 130 cm³/mol. The summed E-state index contributed by atoms with van der Waals surface area (Å²) in [5, 5.41) is 13.3. The van der Waals surface area contributed by atoms with Crippen molar-refractivity contribution in [1.82, 2.24) is 5.43 Å². The first-order valence-electron chi connectivity index (χ1n) is 10.9. The number of benzene rings is 3. The van der Waals surface area contributed by atoms with Gasteiger partial charge in [0.15, 0.2) is 17.6 Å². The van der Waals surface area contributed by atoms with Crippen molar-refractivity contribution in [3.63, 3.8) is 0 Å². The number of nitrogens with one attached hydrogen (secondary N) is 1. The van der Waals surface area contributed by atoms with E-state index in [9.17, 15) is 10.1 Å². The maximum absolute atomic E-state index is 12.3. The highest BCUT2D eigenvalue weighted by atomic mass is 16.5. The average Bonchev–Trinajstić information content (AvgIpc) is 2.85. The van der Waals surface area contributed by atoms with Crippen LogP contribution in [0, 0.1) is 18.3 Å². The summed E-state index contributed by atoms with van der Waals surface area (Å²) in [5.74, 6) is 1.39. The van der Waals surface area contributed by atoms with Gasteiger partial charge in [-0.25, -0.2) is 5.43 Å². The normalized spacial score (nSPS) is 11.5. The van der Waals surface area contributed by atoms with Gasteiger partial charge < -0.3 is 14.2 Å². The molecule has 1 N–H and O–H groups in total. The minimum Gasteiger partial charge on any atom is -0.490 e. The first kappa shape index (κ1) is 24.3. The highest BCUT2D eigenvalue weighted by Gasteiger charge is 2.15. The van der Waals surface area contributed by atoms with Crippen LogP contribution in [-0.2, 0) is 11.4 Å². The second kappa shape index (κ2) is 12.1. The summed E-state index contributed by atoms with van der Waals surface area (Å²) in [5.41, 5.74) is 5.54. The Morgan fingerprint density at radius 3 is 2.59 bits per heavy atom. The number of para-hydroxylation sites is 1. The molecule has 7 heteroatoms. The minimum absolute atomic E-state index is 0.242. The van der Waals surface area contributed by atoms with Crippen molar-refractivity contribution in [3.8, 4) is 23.3 Å². The van der Waals surface area contributed by atoms with Crippen LogP contribution >= 0.6 is 0 Å². The first-order valence-corrected chi connectivity index (χ1v) is 10.9. The van der Waals surface area contributed by atoms with Crippen molar-refractivity contribution in [1.29, 1.82) is 5.26 Å². The fourth-order valence-corrected chi connectivity index (χ4v) is 3.10. The van der Waals surface area contributed by atoms with Crippen LogP contribution in [0.4, 0.5) is 0 Å². The largest absolute Gasteiger partial charge is 0.490 e. The molecule has 1 amide bonds. The molecule has 0 heterocycles. The molecular weight excluding hydrogens is 430 g/mol. The van der Waals surface area contributed by atoms with Crippen molar-refractivity contribution < 1.29 is 19.0 Å². The Kier molecular flexibility index (Phi) is 8.64. The van der Waals surface area contributed by atoms with Crippen LogP contribution in [0.25, 0.3) is 0 Å². The number of rotatable bonds is 10. The monoisotopic (exact) mass is 457 g/mol. The Balaban J connectivity index is 1.62. The Morgan fingerprint density at radius 1 is 1.06 bits per heavy atom. The molecule has 34 heavy (non-hydrogen) atoms. The predicted octanol–water partition coefficient (Wildman–Crippen LogP) is 4.76. The van der Waals surface area contributed by atoms with Gasteiger partial charge in [0.25, 0.3) is 5.91 Å². The molecule has 0 bridgehead atoms. The van der Waals surface area contributed by atoms with Gasteiger partial charge in [-0.05, 0) is 62.2 Å². The molecule has 3 rings (SSSR count). The number of nitrogens with zero attached hydrogens (tertiary/aromatic N) is 2. The summed E-state index contributed by atoms with van der Waals surface area (Å²) in [6, 6.07) is 22.3. The highest BCUT2D eigenvalue weighted by molar-refractivity contribution is 5.85. The molecule has 0 spiro atoms. The van der Waals surface area contributed by atoms with E-state index in [1.54, 1.807) is 31.2 Å². The van der Waals surface area contributed by atoms with Crippen molar-refractivity contribution >= 4 is 12.1 Å². The number of ether oxygens (including phenoxy) is 3. The van der Waals surface area contributed by atoms with Gasteiger partial charge in [0.05, 0.1) is 24.5 Å². The fourth-order valence-electron chi connectivity index (χ4n) is 3.10. The Bertz CT molecular complexity index is 1200. The zero-order chi connectivity index (χ0) is 24.3. The van der Waals surface area contributed by atoms with E-state index in [0.717, 1.165) is 16.7 Å². The Hall–Kier alpha value is -4.31. The minimum atomic E-state index is -0.704. The molecule has 0 fully saturated rings. The maximum Gasteiger partial charge on any atom is 0.280 e. The van der Waals surface area contributed by atoms with Gasteiger partial charge in [0.2, 0.25) is 0 Å². The van der Waals surface area contributed by atoms with Crippen LogP contribution in [0.3, 0.4) is 0 Å². The van der Waals surface area contributed by atoms with Crippen LogP contribution in [0.2, 0.25) is 0 Å². The lowest BCUT2D eigenvalue weighted by Crippen LogP contribution is -2.33. The molecule has 3 aromatic rings.